The van der Waals surface area contributed by atoms with Gasteiger partial charge in [0.2, 0.25) is 0 Å². The molecule has 0 unspecified atom stereocenters. The van der Waals surface area contributed by atoms with Crippen molar-refractivity contribution in [3.63, 3.8) is 0 Å². The van der Waals surface area contributed by atoms with Crippen LogP contribution < -0.4 is 4.74 Å². The fraction of sp³-hybridized carbons (Fsp3) is 0.300. The Morgan fingerprint density at radius 2 is 1.65 bits per heavy atom. The molecule has 2 aromatic carbocycles. The summed E-state index contributed by atoms with van der Waals surface area (Å²) >= 11 is 0. The highest BCUT2D eigenvalue weighted by atomic mass is 16.5. The molecule has 1 saturated heterocycles. The van der Waals surface area contributed by atoms with Crippen LogP contribution in [0, 0.1) is 6.92 Å². The van der Waals surface area contributed by atoms with Gasteiger partial charge in [0.05, 0.1) is 0 Å². The third-order valence-corrected chi connectivity index (χ3v) is 4.40. The molecule has 0 saturated carbocycles. The minimum Gasteiger partial charge on any atom is -0.508 e. The zero-order valence-corrected chi connectivity index (χ0v) is 14.7. The van der Waals surface area contributed by atoms with E-state index in [0.29, 0.717) is 37.5 Å². The van der Waals surface area contributed by atoms with E-state index in [9.17, 15) is 14.7 Å². The van der Waals surface area contributed by atoms with Gasteiger partial charge in [-0.1, -0.05) is 23.8 Å². The molecule has 0 spiro atoms. The van der Waals surface area contributed by atoms with E-state index in [-0.39, 0.29) is 24.2 Å². The van der Waals surface area contributed by atoms with Crippen LogP contribution in [0.25, 0.3) is 0 Å². The average molecular weight is 354 g/mol. The standard InChI is InChI=1S/C20H22N2O4/c1-15-5-7-16(8-6-15)20(25)22-11-9-21(10-12-22)19(24)14-26-18-4-2-3-17(23)13-18/h2-8,13,23H,9-12,14H2,1H3. The zero-order chi connectivity index (χ0) is 18.5. The lowest BCUT2D eigenvalue weighted by atomic mass is 10.1. The van der Waals surface area contributed by atoms with Crippen molar-refractivity contribution in [2.75, 3.05) is 32.8 Å². The quantitative estimate of drug-likeness (QED) is 0.912. The molecule has 1 heterocycles. The number of benzene rings is 2. The van der Waals surface area contributed by atoms with Gasteiger partial charge in [-0.2, -0.15) is 0 Å². The smallest absolute Gasteiger partial charge is 0.260 e. The van der Waals surface area contributed by atoms with E-state index in [2.05, 4.69) is 0 Å². The first-order valence-corrected chi connectivity index (χ1v) is 8.58. The van der Waals surface area contributed by atoms with E-state index in [1.165, 1.54) is 6.07 Å². The Hall–Kier alpha value is -3.02. The van der Waals surface area contributed by atoms with Gasteiger partial charge < -0.3 is 19.6 Å². The van der Waals surface area contributed by atoms with Crippen LogP contribution in [0.4, 0.5) is 0 Å². The largest absolute Gasteiger partial charge is 0.508 e. The van der Waals surface area contributed by atoms with Crippen molar-refractivity contribution in [1.29, 1.82) is 0 Å². The second-order valence-corrected chi connectivity index (χ2v) is 6.33. The first-order valence-electron chi connectivity index (χ1n) is 8.58. The maximum atomic E-state index is 12.5. The maximum Gasteiger partial charge on any atom is 0.260 e. The second kappa shape index (κ2) is 7.91. The minimum absolute atomic E-state index is 0.00638. The van der Waals surface area contributed by atoms with Crippen LogP contribution in [0.1, 0.15) is 15.9 Å². The Morgan fingerprint density at radius 1 is 1.00 bits per heavy atom. The number of aromatic hydroxyl groups is 1. The van der Waals surface area contributed by atoms with E-state index >= 15 is 0 Å². The van der Waals surface area contributed by atoms with Crippen molar-refractivity contribution in [2.24, 2.45) is 0 Å². The normalized spacial score (nSPS) is 14.2. The molecule has 0 aromatic heterocycles. The van der Waals surface area contributed by atoms with Crippen LogP contribution in [-0.4, -0.2) is 59.5 Å². The highest BCUT2D eigenvalue weighted by molar-refractivity contribution is 5.94. The van der Waals surface area contributed by atoms with Gasteiger partial charge in [-0.25, -0.2) is 0 Å². The van der Waals surface area contributed by atoms with Crippen molar-refractivity contribution >= 4 is 11.8 Å². The molecule has 0 aliphatic carbocycles. The van der Waals surface area contributed by atoms with Gasteiger partial charge in [0.15, 0.2) is 6.61 Å². The number of carbonyl (C=O) groups is 2. The molecule has 136 valence electrons. The predicted molar refractivity (Wildman–Crippen MR) is 97.3 cm³/mol. The lowest BCUT2D eigenvalue weighted by Crippen LogP contribution is -2.51. The molecule has 2 amide bonds. The molecule has 0 bridgehead atoms. The summed E-state index contributed by atoms with van der Waals surface area (Å²) in [4.78, 5) is 28.2. The van der Waals surface area contributed by atoms with Crippen molar-refractivity contribution in [2.45, 2.75) is 6.92 Å². The lowest BCUT2D eigenvalue weighted by molar-refractivity contribution is -0.134. The summed E-state index contributed by atoms with van der Waals surface area (Å²) in [6.45, 7) is 3.88. The Labute approximate surface area is 152 Å². The molecule has 2 aromatic rings. The number of aryl methyl sites for hydroxylation is 1. The zero-order valence-electron chi connectivity index (χ0n) is 14.7. The third-order valence-electron chi connectivity index (χ3n) is 4.40. The summed E-state index contributed by atoms with van der Waals surface area (Å²) in [6, 6.07) is 13.9. The molecular weight excluding hydrogens is 332 g/mol. The number of hydrogen-bond donors (Lipinski definition) is 1. The van der Waals surface area contributed by atoms with Gasteiger partial charge in [-0.3, -0.25) is 9.59 Å². The fourth-order valence-corrected chi connectivity index (χ4v) is 2.85. The molecule has 3 rings (SSSR count). The van der Waals surface area contributed by atoms with E-state index < -0.39 is 0 Å². The Morgan fingerprint density at radius 3 is 2.31 bits per heavy atom. The number of amides is 2. The summed E-state index contributed by atoms with van der Waals surface area (Å²) in [5.74, 6) is 0.411. The third kappa shape index (κ3) is 4.33. The van der Waals surface area contributed by atoms with E-state index in [0.717, 1.165) is 5.56 Å². The summed E-state index contributed by atoms with van der Waals surface area (Å²) in [5, 5.41) is 9.40. The van der Waals surface area contributed by atoms with Crippen LogP contribution in [0.2, 0.25) is 0 Å². The van der Waals surface area contributed by atoms with Gasteiger partial charge in [-0.15, -0.1) is 0 Å². The maximum absolute atomic E-state index is 12.5. The van der Waals surface area contributed by atoms with Gasteiger partial charge >= 0.3 is 0 Å². The lowest BCUT2D eigenvalue weighted by Gasteiger charge is -2.34. The molecule has 0 radical (unpaired) electrons. The Bertz CT molecular complexity index is 781. The number of piperazine rings is 1. The number of carbonyl (C=O) groups excluding carboxylic acids is 2. The average Bonchev–Trinajstić information content (AvgIpc) is 2.66. The van der Waals surface area contributed by atoms with Crippen LogP contribution in [0.5, 0.6) is 11.5 Å². The van der Waals surface area contributed by atoms with Crippen molar-refractivity contribution in [3.05, 3.63) is 59.7 Å². The molecule has 1 aliphatic rings. The van der Waals surface area contributed by atoms with Crippen molar-refractivity contribution in [1.82, 2.24) is 9.80 Å². The summed E-state index contributed by atoms with van der Waals surface area (Å²) < 4.78 is 5.42. The van der Waals surface area contributed by atoms with E-state index in [4.69, 9.17) is 4.74 Å². The predicted octanol–water partition coefficient (Wildman–Crippen LogP) is 2.06. The molecule has 26 heavy (non-hydrogen) atoms. The first kappa shape index (κ1) is 17.8. The van der Waals surface area contributed by atoms with Crippen LogP contribution in [0.3, 0.4) is 0 Å². The molecule has 6 nitrogen and oxygen atoms in total. The van der Waals surface area contributed by atoms with Gasteiger partial charge in [0.25, 0.3) is 11.8 Å². The van der Waals surface area contributed by atoms with Crippen molar-refractivity contribution < 1.29 is 19.4 Å². The highest BCUT2D eigenvalue weighted by Gasteiger charge is 2.25. The van der Waals surface area contributed by atoms with Crippen molar-refractivity contribution in [3.8, 4) is 11.5 Å². The summed E-state index contributed by atoms with van der Waals surface area (Å²) in [5.41, 5.74) is 1.78. The minimum atomic E-state index is -0.129. The van der Waals surface area contributed by atoms with E-state index in [1.807, 2.05) is 31.2 Å². The van der Waals surface area contributed by atoms with Crippen LogP contribution in [0.15, 0.2) is 48.5 Å². The SMILES string of the molecule is Cc1ccc(C(=O)N2CCN(C(=O)COc3cccc(O)c3)CC2)cc1. The van der Waals surface area contributed by atoms with Gasteiger partial charge in [0, 0.05) is 37.8 Å². The number of phenolic OH excluding ortho intramolecular Hbond substituents is 1. The molecule has 6 heteroatoms. The van der Waals surface area contributed by atoms with Gasteiger partial charge in [-0.05, 0) is 31.2 Å². The topological polar surface area (TPSA) is 70.1 Å². The van der Waals surface area contributed by atoms with Crippen LogP contribution >= 0.6 is 0 Å². The first-order chi connectivity index (χ1) is 12.5. The number of hydrogen-bond acceptors (Lipinski definition) is 4. The number of rotatable bonds is 4. The fourth-order valence-electron chi connectivity index (χ4n) is 2.85. The monoisotopic (exact) mass is 354 g/mol. The van der Waals surface area contributed by atoms with E-state index in [1.54, 1.807) is 28.0 Å². The van der Waals surface area contributed by atoms with Crippen LogP contribution in [-0.2, 0) is 4.79 Å². The summed E-state index contributed by atoms with van der Waals surface area (Å²) in [6.07, 6.45) is 0. The Balaban J connectivity index is 1.49. The number of ether oxygens (including phenoxy) is 1. The Kier molecular flexibility index (Phi) is 5.41. The molecule has 0 atom stereocenters. The van der Waals surface area contributed by atoms with Gasteiger partial charge in [0.1, 0.15) is 11.5 Å². The molecular formula is C20H22N2O4. The highest BCUT2D eigenvalue weighted by Crippen LogP contribution is 2.18. The molecule has 1 N–H and O–H groups in total. The number of phenols is 1. The summed E-state index contributed by atoms with van der Waals surface area (Å²) in [7, 11) is 0. The molecule has 1 fully saturated rings. The molecule has 1 aliphatic heterocycles. The number of nitrogens with zero attached hydrogens (tertiary/aromatic N) is 2. The second-order valence-electron chi connectivity index (χ2n) is 6.33.